The van der Waals surface area contributed by atoms with Crippen LogP contribution in [0.15, 0.2) is 84.0 Å². The molecule has 4 rings (SSSR count). The third kappa shape index (κ3) is 3.77. The topological polar surface area (TPSA) is 85.0 Å². The second-order valence-corrected chi connectivity index (χ2v) is 6.86. The Morgan fingerprint density at radius 2 is 1.80 bits per heavy atom. The van der Waals surface area contributed by atoms with Crippen LogP contribution in [0.1, 0.15) is 33.9 Å². The van der Waals surface area contributed by atoms with Crippen molar-refractivity contribution in [2.24, 2.45) is 5.10 Å². The Bertz CT molecular complexity index is 1110. The van der Waals surface area contributed by atoms with E-state index in [2.05, 4.69) is 5.10 Å². The van der Waals surface area contributed by atoms with Crippen molar-refractivity contribution in [3.8, 4) is 5.75 Å². The second kappa shape index (κ2) is 8.16. The molecule has 0 spiro atoms. The number of non-ortho nitro benzene ring substituents is 1. The number of amides is 1. The van der Waals surface area contributed by atoms with Gasteiger partial charge in [-0.1, -0.05) is 36.4 Å². The summed E-state index contributed by atoms with van der Waals surface area (Å²) in [5.41, 5.74) is 2.71. The van der Waals surface area contributed by atoms with Crippen molar-refractivity contribution in [1.82, 2.24) is 5.01 Å². The van der Waals surface area contributed by atoms with Gasteiger partial charge in [-0.3, -0.25) is 14.9 Å². The average molecular weight is 401 g/mol. The Morgan fingerprint density at radius 1 is 1.07 bits per heavy atom. The van der Waals surface area contributed by atoms with Gasteiger partial charge in [0.15, 0.2) is 0 Å². The van der Waals surface area contributed by atoms with Crippen molar-refractivity contribution in [3.05, 3.63) is 106 Å². The van der Waals surface area contributed by atoms with E-state index in [1.54, 1.807) is 13.2 Å². The molecule has 0 fully saturated rings. The molecular formula is C23H19N3O4. The van der Waals surface area contributed by atoms with E-state index in [0.717, 1.165) is 22.6 Å². The first-order valence-corrected chi connectivity index (χ1v) is 9.41. The van der Waals surface area contributed by atoms with Crippen LogP contribution in [0.5, 0.6) is 5.75 Å². The average Bonchev–Trinajstić information content (AvgIpc) is 3.25. The van der Waals surface area contributed by atoms with Crippen LogP contribution in [0.2, 0.25) is 0 Å². The monoisotopic (exact) mass is 401 g/mol. The number of hydrazone groups is 1. The summed E-state index contributed by atoms with van der Waals surface area (Å²) in [6, 6.07) is 22.6. The molecule has 0 saturated heterocycles. The number of rotatable bonds is 5. The normalized spacial score (nSPS) is 15.6. The lowest BCUT2D eigenvalue weighted by molar-refractivity contribution is -0.384. The maximum atomic E-state index is 13.3. The zero-order valence-electron chi connectivity index (χ0n) is 16.3. The van der Waals surface area contributed by atoms with Crippen molar-refractivity contribution in [2.45, 2.75) is 12.5 Å². The van der Waals surface area contributed by atoms with E-state index in [9.17, 15) is 14.9 Å². The fourth-order valence-corrected chi connectivity index (χ4v) is 3.48. The highest BCUT2D eigenvalue weighted by Crippen LogP contribution is 2.34. The minimum absolute atomic E-state index is 0.129. The highest BCUT2D eigenvalue weighted by Gasteiger charge is 2.34. The van der Waals surface area contributed by atoms with Crippen molar-refractivity contribution >= 4 is 17.3 Å². The Morgan fingerprint density at radius 3 is 2.47 bits per heavy atom. The zero-order chi connectivity index (χ0) is 21.1. The van der Waals surface area contributed by atoms with E-state index >= 15 is 0 Å². The summed E-state index contributed by atoms with van der Waals surface area (Å²) in [6.07, 6.45) is 0.539. The highest BCUT2D eigenvalue weighted by atomic mass is 16.6. The fraction of sp³-hybridized carbons (Fsp3) is 0.130. The highest BCUT2D eigenvalue weighted by molar-refractivity contribution is 6.05. The first kappa shape index (κ1) is 19.3. The maximum absolute atomic E-state index is 13.3. The summed E-state index contributed by atoms with van der Waals surface area (Å²) in [5, 5.41) is 17.2. The van der Waals surface area contributed by atoms with Crippen molar-refractivity contribution in [3.63, 3.8) is 0 Å². The van der Waals surface area contributed by atoms with Gasteiger partial charge in [0.25, 0.3) is 11.6 Å². The van der Waals surface area contributed by atoms with E-state index in [1.807, 2.05) is 54.6 Å². The number of ether oxygens (including phenoxy) is 1. The Hall–Kier alpha value is -4.00. The molecule has 30 heavy (non-hydrogen) atoms. The van der Waals surface area contributed by atoms with Gasteiger partial charge in [-0.05, 0) is 41.5 Å². The second-order valence-electron chi connectivity index (χ2n) is 6.86. The molecule has 0 N–H and O–H groups in total. The van der Waals surface area contributed by atoms with Crippen LogP contribution in [-0.2, 0) is 0 Å². The number of carbonyl (C=O) groups is 1. The number of nitro groups is 1. The first-order chi connectivity index (χ1) is 14.6. The summed E-state index contributed by atoms with van der Waals surface area (Å²) in [6.45, 7) is 0. The van der Waals surface area contributed by atoms with E-state index in [-0.39, 0.29) is 23.2 Å². The lowest BCUT2D eigenvalue weighted by Gasteiger charge is -2.22. The predicted molar refractivity (Wildman–Crippen MR) is 113 cm³/mol. The molecule has 0 aromatic heterocycles. The molecule has 150 valence electrons. The SMILES string of the molecule is COc1ccc(C2=NN(C(=O)c3cccc([N+](=O)[O-])c3)C(c3ccccc3)C2)cc1. The third-order valence-electron chi connectivity index (χ3n) is 5.03. The van der Waals surface area contributed by atoms with Crippen LogP contribution in [0, 0.1) is 10.1 Å². The number of nitro benzene ring substituents is 1. The Labute approximate surface area is 173 Å². The van der Waals surface area contributed by atoms with Gasteiger partial charge in [0.05, 0.1) is 23.8 Å². The van der Waals surface area contributed by atoms with E-state index in [4.69, 9.17) is 4.74 Å². The van der Waals surface area contributed by atoms with Gasteiger partial charge in [0.1, 0.15) is 5.75 Å². The maximum Gasteiger partial charge on any atom is 0.274 e. The number of benzene rings is 3. The molecule has 0 saturated carbocycles. The number of hydrogen-bond acceptors (Lipinski definition) is 5. The van der Waals surface area contributed by atoms with Crippen molar-refractivity contribution in [2.75, 3.05) is 7.11 Å². The van der Waals surface area contributed by atoms with Crippen molar-refractivity contribution < 1.29 is 14.5 Å². The minimum atomic E-state index is -0.512. The lowest BCUT2D eigenvalue weighted by Crippen LogP contribution is -2.27. The van der Waals surface area contributed by atoms with Gasteiger partial charge >= 0.3 is 0 Å². The predicted octanol–water partition coefficient (Wildman–Crippen LogP) is 4.59. The number of nitrogens with zero attached hydrogens (tertiary/aromatic N) is 3. The van der Waals surface area contributed by atoms with Gasteiger partial charge in [-0.2, -0.15) is 5.10 Å². The molecular weight excluding hydrogens is 382 g/mol. The summed E-state index contributed by atoms with van der Waals surface area (Å²) < 4.78 is 5.21. The smallest absolute Gasteiger partial charge is 0.274 e. The molecule has 1 aliphatic rings. The van der Waals surface area contributed by atoms with Crippen molar-refractivity contribution in [1.29, 1.82) is 0 Å². The van der Waals surface area contributed by atoms with Crippen LogP contribution in [0.25, 0.3) is 0 Å². The van der Waals surface area contributed by atoms with Crippen LogP contribution in [0.3, 0.4) is 0 Å². The quantitative estimate of drug-likeness (QED) is 0.462. The summed E-state index contributed by atoms with van der Waals surface area (Å²) in [4.78, 5) is 23.9. The summed E-state index contributed by atoms with van der Waals surface area (Å²) in [5.74, 6) is 0.359. The summed E-state index contributed by atoms with van der Waals surface area (Å²) in [7, 11) is 1.60. The van der Waals surface area contributed by atoms with Gasteiger partial charge in [-0.15, -0.1) is 0 Å². The fourth-order valence-electron chi connectivity index (χ4n) is 3.48. The number of methoxy groups -OCH3 is 1. The molecule has 0 radical (unpaired) electrons. The van der Waals surface area contributed by atoms with Gasteiger partial charge in [-0.25, -0.2) is 5.01 Å². The van der Waals surface area contributed by atoms with Crippen LogP contribution in [0.4, 0.5) is 5.69 Å². The standard InChI is InChI=1S/C23H19N3O4/c1-30-20-12-10-16(11-13-20)21-15-22(17-6-3-2-4-7-17)25(24-21)23(27)18-8-5-9-19(14-18)26(28)29/h2-14,22H,15H2,1H3. The van der Waals surface area contributed by atoms with Gasteiger partial charge in [0.2, 0.25) is 0 Å². The lowest BCUT2D eigenvalue weighted by atomic mass is 9.98. The first-order valence-electron chi connectivity index (χ1n) is 9.41. The Kier molecular flexibility index (Phi) is 5.26. The molecule has 0 bridgehead atoms. The molecule has 1 heterocycles. The largest absolute Gasteiger partial charge is 0.497 e. The molecule has 7 nitrogen and oxygen atoms in total. The van der Waals surface area contributed by atoms with Gasteiger partial charge in [0, 0.05) is 24.1 Å². The molecule has 3 aromatic rings. The number of hydrogen-bond donors (Lipinski definition) is 0. The molecule has 3 aromatic carbocycles. The third-order valence-corrected chi connectivity index (χ3v) is 5.03. The molecule has 1 aliphatic heterocycles. The summed E-state index contributed by atoms with van der Waals surface area (Å²) >= 11 is 0. The molecule has 1 amide bonds. The molecule has 1 unspecified atom stereocenters. The zero-order valence-corrected chi connectivity index (χ0v) is 16.3. The molecule has 0 aliphatic carbocycles. The van der Waals surface area contributed by atoms with Crippen LogP contribution < -0.4 is 4.74 Å². The van der Waals surface area contributed by atoms with Crippen LogP contribution in [-0.4, -0.2) is 28.7 Å². The number of carbonyl (C=O) groups excluding carboxylic acids is 1. The van der Waals surface area contributed by atoms with E-state index < -0.39 is 4.92 Å². The van der Waals surface area contributed by atoms with E-state index in [1.165, 1.54) is 23.2 Å². The minimum Gasteiger partial charge on any atom is -0.497 e. The van der Waals surface area contributed by atoms with Crippen LogP contribution >= 0.6 is 0 Å². The molecule has 1 atom stereocenters. The molecule has 7 heteroatoms. The van der Waals surface area contributed by atoms with E-state index in [0.29, 0.717) is 6.42 Å². The van der Waals surface area contributed by atoms with Gasteiger partial charge < -0.3 is 4.74 Å². The Balaban J connectivity index is 1.72.